The molecular weight excluding hydrogens is 396 g/mol. The van der Waals surface area contributed by atoms with E-state index in [2.05, 4.69) is 9.97 Å². The van der Waals surface area contributed by atoms with Crippen molar-refractivity contribution in [3.8, 4) is 17.1 Å². The highest BCUT2D eigenvalue weighted by molar-refractivity contribution is 14.1. The van der Waals surface area contributed by atoms with Gasteiger partial charge in [0.25, 0.3) is 0 Å². The van der Waals surface area contributed by atoms with Crippen LogP contribution in [-0.2, 0) is 6.18 Å². The lowest BCUT2D eigenvalue weighted by molar-refractivity contribution is -0.137. The lowest BCUT2D eigenvalue weighted by Crippen LogP contribution is -2.04. The number of imidazole rings is 1. The van der Waals surface area contributed by atoms with Crippen LogP contribution >= 0.6 is 22.6 Å². The van der Waals surface area contributed by atoms with Crippen molar-refractivity contribution in [2.75, 3.05) is 0 Å². The molecule has 7 heteroatoms. The molecule has 2 aromatic carbocycles. The van der Waals surface area contributed by atoms with Crippen molar-refractivity contribution in [1.82, 2.24) is 9.97 Å². The standard InChI is InChI=1S/C14H8F3IN2O/c15-14(16,17)8-2-3-10-11(6-8)20-13(19-10)7-1-4-12(21)9(18)5-7/h1-6,21H,(H,19,20). The zero-order valence-electron chi connectivity index (χ0n) is 10.4. The van der Waals surface area contributed by atoms with Gasteiger partial charge in [-0.2, -0.15) is 13.2 Å². The molecule has 0 spiro atoms. The molecule has 0 saturated heterocycles. The van der Waals surface area contributed by atoms with Crippen LogP contribution < -0.4 is 0 Å². The first-order valence-corrected chi connectivity index (χ1v) is 6.98. The highest BCUT2D eigenvalue weighted by atomic mass is 127. The Morgan fingerprint density at radius 2 is 1.86 bits per heavy atom. The summed E-state index contributed by atoms with van der Waals surface area (Å²) in [7, 11) is 0. The minimum absolute atomic E-state index is 0.148. The summed E-state index contributed by atoms with van der Waals surface area (Å²) in [5.41, 5.74) is 0.761. The first-order chi connectivity index (χ1) is 9.84. The number of halogens is 4. The maximum absolute atomic E-state index is 12.7. The third-order valence-electron chi connectivity index (χ3n) is 3.03. The number of benzene rings is 2. The van der Waals surface area contributed by atoms with Crippen molar-refractivity contribution in [3.05, 3.63) is 45.5 Å². The van der Waals surface area contributed by atoms with Crippen LogP contribution in [0.1, 0.15) is 5.56 Å². The molecule has 108 valence electrons. The lowest BCUT2D eigenvalue weighted by atomic mass is 10.2. The van der Waals surface area contributed by atoms with E-state index in [1.54, 1.807) is 12.1 Å². The number of H-pyrrole nitrogens is 1. The van der Waals surface area contributed by atoms with Crippen LogP contribution in [-0.4, -0.2) is 15.1 Å². The minimum Gasteiger partial charge on any atom is -0.507 e. The largest absolute Gasteiger partial charge is 0.507 e. The Bertz CT molecular complexity index is 827. The molecule has 0 fully saturated rings. The predicted molar refractivity (Wildman–Crippen MR) is 80.9 cm³/mol. The number of aromatic nitrogens is 2. The van der Waals surface area contributed by atoms with Crippen LogP contribution in [0.5, 0.6) is 5.75 Å². The van der Waals surface area contributed by atoms with Gasteiger partial charge in [0.2, 0.25) is 0 Å². The monoisotopic (exact) mass is 404 g/mol. The lowest BCUT2D eigenvalue weighted by Gasteiger charge is -2.05. The molecule has 0 amide bonds. The molecule has 0 unspecified atom stereocenters. The van der Waals surface area contributed by atoms with Gasteiger partial charge in [-0.1, -0.05) is 0 Å². The first kappa shape index (κ1) is 14.2. The molecule has 1 aromatic heterocycles. The van der Waals surface area contributed by atoms with Crippen LogP contribution in [0.3, 0.4) is 0 Å². The second-order valence-electron chi connectivity index (χ2n) is 4.48. The van der Waals surface area contributed by atoms with Gasteiger partial charge in [-0.15, -0.1) is 0 Å². The molecule has 0 aliphatic rings. The number of hydrogen-bond acceptors (Lipinski definition) is 2. The van der Waals surface area contributed by atoms with E-state index in [1.807, 2.05) is 22.6 Å². The Hall–Kier alpha value is -1.77. The number of alkyl halides is 3. The number of hydrogen-bond donors (Lipinski definition) is 2. The SMILES string of the molecule is Oc1ccc(-c2nc3ccc(C(F)(F)F)cc3[nH]2)cc1I. The fourth-order valence-corrected chi connectivity index (χ4v) is 2.49. The van der Waals surface area contributed by atoms with Crippen molar-refractivity contribution in [1.29, 1.82) is 0 Å². The van der Waals surface area contributed by atoms with Crippen molar-refractivity contribution >= 4 is 33.6 Å². The van der Waals surface area contributed by atoms with Crippen LogP contribution in [0.15, 0.2) is 36.4 Å². The normalized spacial score (nSPS) is 12.0. The Morgan fingerprint density at radius 1 is 1.10 bits per heavy atom. The molecule has 0 atom stereocenters. The third-order valence-corrected chi connectivity index (χ3v) is 3.89. The van der Waals surface area contributed by atoms with Crippen molar-refractivity contribution < 1.29 is 18.3 Å². The number of aromatic hydroxyl groups is 1. The van der Waals surface area contributed by atoms with Crippen molar-refractivity contribution in [2.45, 2.75) is 6.18 Å². The van der Waals surface area contributed by atoms with Gasteiger partial charge in [0.1, 0.15) is 11.6 Å². The number of rotatable bonds is 1. The molecule has 0 radical (unpaired) electrons. The van der Waals surface area contributed by atoms with Gasteiger partial charge in [-0.25, -0.2) is 4.98 Å². The summed E-state index contributed by atoms with van der Waals surface area (Å²) in [6.45, 7) is 0. The molecule has 1 heterocycles. The van der Waals surface area contributed by atoms with Crippen LogP contribution in [0.2, 0.25) is 0 Å². The van der Waals surface area contributed by atoms with E-state index in [9.17, 15) is 18.3 Å². The minimum atomic E-state index is -4.38. The van der Waals surface area contributed by atoms with Crippen LogP contribution in [0.4, 0.5) is 13.2 Å². The number of nitrogens with zero attached hydrogens (tertiary/aromatic N) is 1. The fourth-order valence-electron chi connectivity index (χ4n) is 1.98. The van der Waals surface area contributed by atoms with E-state index >= 15 is 0 Å². The van der Waals surface area contributed by atoms with Gasteiger partial charge in [-0.05, 0) is 59.0 Å². The smallest absolute Gasteiger partial charge is 0.416 e. The zero-order valence-corrected chi connectivity index (χ0v) is 12.5. The van der Waals surface area contributed by atoms with Crippen LogP contribution in [0.25, 0.3) is 22.4 Å². The van der Waals surface area contributed by atoms with Gasteiger partial charge >= 0.3 is 6.18 Å². The van der Waals surface area contributed by atoms with Gasteiger partial charge < -0.3 is 10.1 Å². The zero-order chi connectivity index (χ0) is 15.2. The number of fused-ring (bicyclic) bond motifs is 1. The van der Waals surface area contributed by atoms with E-state index in [-0.39, 0.29) is 5.75 Å². The molecule has 2 N–H and O–H groups in total. The summed E-state index contributed by atoms with van der Waals surface area (Å²) >= 11 is 1.97. The maximum atomic E-state index is 12.7. The van der Waals surface area contributed by atoms with Crippen molar-refractivity contribution in [2.24, 2.45) is 0 Å². The van der Waals surface area contributed by atoms with Gasteiger partial charge in [-0.3, -0.25) is 0 Å². The number of phenolic OH excluding ortho intramolecular Hbond substituents is 1. The number of nitrogens with one attached hydrogen (secondary N) is 1. The quantitative estimate of drug-likeness (QED) is 0.585. The molecule has 0 bridgehead atoms. The second kappa shape index (κ2) is 4.90. The van der Waals surface area contributed by atoms with Crippen LogP contribution in [0, 0.1) is 3.57 Å². The first-order valence-electron chi connectivity index (χ1n) is 5.90. The summed E-state index contributed by atoms with van der Waals surface area (Å²) in [6.07, 6.45) is -4.38. The summed E-state index contributed by atoms with van der Waals surface area (Å²) in [5.74, 6) is 0.608. The molecule has 0 aliphatic heterocycles. The molecule has 0 aliphatic carbocycles. The number of aromatic amines is 1. The van der Waals surface area contributed by atoms with E-state index < -0.39 is 11.7 Å². The Balaban J connectivity index is 2.10. The molecule has 3 nitrogen and oxygen atoms in total. The number of phenols is 1. The van der Waals surface area contributed by atoms with E-state index in [4.69, 9.17) is 0 Å². The molecular formula is C14H8F3IN2O. The third kappa shape index (κ3) is 2.69. The molecule has 21 heavy (non-hydrogen) atoms. The summed E-state index contributed by atoms with van der Waals surface area (Å²) in [5, 5.41) is 9.49. The second-order valence-corrected chi connectivity index (χ2v) is 5.64. The topological polar surface area (TPSA) is 48.9 Å². The van der Waals surface area contributed by atoms with Gasteiger partial charge in [0.05, 0.1) is 20.2 Å². The molecule has 3 aromatic rings. The summed E-state index contributed by atoms with van der Waals surface area (Å²) in [4.78, 5) is 7.14. The van der Waals surface area contributed by atoms with Crippen molar-refractivity contribution in [3.63, 3.8) is 0 Å². The van der Waals surface area contributed by atoms with E-state index in [0.29, 0.717) is 26.0 Å². The highest BCUT2D eigenvalue weighted by Crippen LogP contribution is 2.32. The van der Waals surface area contributed by atoms with E-state index in [0.717, 1.165) is 12.1 Å². The highest BCUT2D eigenvalue weighted by Gasteiger charge is 2.30. The fraction of sp³-hybridized carbons (Fsp3) is 0.0714. The predicted octanol–water partition coefficient (Wildman–Crippen LogP) is 4.56. The summed E-state index contributed by atoms with van der Waals surface area (Å²) in [6, 6.07) is 8.26. The Kier molecular flexibility index (Phi) is 3.31. The van der Waals surface area contributed by atoms with Gasteiger partial charge in [0.15, 0.2) is 0 Å². The maximum Gasteiger partial charge on any atom is 0.416 e. The van der Waals surface area contributed by atoms with E-state index in [1.165, 1.54) is 12.1 Å². The summed E-state index contributed by atoms with van der Waals surface area (Å²) < 4.78 is 38.7. The average Bonchev–Trinajstić information content (AvgIpc) is 2.83. The molecule has 3 rings (SSSR count). The van der Waals surface area contributed by atoms with Gasteiger partial charge in [0, 0.05) is 5.56 Å². The Morgan fingerprint density at radius 3 is 2.52 bits per heavy atom. The Labute approximate surface area is 131 Å². The average molecular weight is 404 g/mol. The molecule has 0 saturated carbocycles.